The first-order chi connectivity index (χ1) is 7.72. The van der Waals surface area contributed by atoms with E-state index in [0.717, 1.165) is 0 Å². The van der Waals surface area contributed by atoms with Gasteiger partial charge in [-0.15, -0.1) is 11.3 Å². The summed E-state index contributed by atoms with van der Waals surface area (Å²) in [5.74, 6) is 0.360. The number of rotatable bonds is 3. The zero-order valence-corrected chi connectivity index (χ0v) is 10.0. The maximum absolute atomic E-state index is 11.9. The molecule has 5 heteroatoms. The molecule has 3 nitrogen and oxygen atoms in total. The number of nitrogens with zero attached hydrogens (tertiary/aromatic N) is 1. The van der Waals surface area contributed by atoms with Crippen LogP contribution in [0, 0.1) is 0 Å². The van der Waals surface area contributed by atoms with Crippen molar-refractivity contribution in [1.82, 2.24) is 4.98 Å². The van der Waals surface area contributed by atoms with Gasteiger partial charge in [0.2, 0.25) is 5.78 Å². The standard InChI is InChI=1S/C11H8ClNO2S/c1-15-10-4-7(2-3-8(10)12)11(14)9-5-16-6-13-9/h2-6H,1H3. The summed E-state index contributed by atoms with van der Waals surface area (Å²) < 4.78 is 5.05. The minimum absolute atomic E-state index is 0.129. The second kappa shape index (κ2) is 4.63. The van der Waals surface area contributed by atoms with E-state index >= 15 is 0 Å². The number of benzene rings is 1. The van der Waals surface area contributed by atoms with E-state index in [9.17, 15) is 4.79 Å². The van der Waals surface area contributed by atoms with Crippen molar-refractivity contribution in [3.8, 4) is 5.75 Å². The molecule has 0 bridgehead atoms. The third-order valence-corrected chi connectivity index (χ3v) is 2.98. The Labute approximate surface area is 102 Å². The lowest BCUT2D eigenvalue weighted by molar-refractivity contribution is 0.103. The summed E-state index contributed by atoms with van der Waals surface area (Å²) in [4.78, 5) is 15.9. The van der Waals surface area contributed by atoms with Gasteiger partial charge >= 0.3 is 0 Å². The molecule has 1 aromatic carbocycles. The Hall–Kier alpha value is -1.39. The molecule has 2 aromatic rings. The number of methoxy groups -OCH3 is 1. The molecule has 82 valence electrons. The summed E-state index contributed by atoms with van der Waals surface area (Å²) in [7, 11) is 1.51. The Morgan fingerprint density at radius 2 is 2.31 bits per heavy atom. The molecule has 2 rings (SSSR count). The van der Waals surface area contributed by atoms with Crippen LogP contribution in [0.15, 0.2) is 29.1 Å². The van der Waals surface area contributed by atoms with Crippen LogP contribution in [-0.4, -0.2) is 17.9 Å². The van der Waals surface area contributed by atoms with Gasteiger partial charge in [-0.25, -0.2) is 4.98 Å². The molecule has 0 saturated heterocycles. The Morgan fingerprint density at radius 1 is 1.50 bits per heavy atom. The van der Waals surface area contributed by atoms with Crippen molar-refractivity contribution in [1.29, 1.82) is 0 Å². The van der Waals surface area contributed by atoms with Gasteiger partial charge in [-0.3, -0.25) is 4.79 Å². The van der Waals surface area contributed by atoms with Gasteiger partial charge in [0.15, 0.2) is 0 Å². The fourth-order valence-electron chi connectivity index (χ4n) is 1.27. The average Bonchev–Trinajstić information content (AvgIpc) is 2.82. The quantitative estimate of drug-likeness (QED) is 0.790. The lowest BCUT2D eigenvalue weighted by Crippen LogP contribution is -2.01. The smallest absolute Gasteiger partial charge is 0.212 e. The second-order valence-electron chi connectivity index (χ2n) is 3.05. The van der Waals surface area contributed by atoms with Crippen LogP contribution in [0.5, 0.6) is 5.75 Å². The number of halogens is 1. The van der Waals surface area contributed by atoms with Crippen LogP contribution in [0.25, 0.3) is 0 Å². The largest absolute Gasteiger partial charge is 0.495 e. The van der Waals surface area contributed by atoms with Crippen LogP contribution in [0.4, 0.5) is 0 Å². The van der Waals surface area contributed by atoms with Crippen LogP contribution >= 0.6 is 22.9 Å². The van der Waals surface area contributed by atoms with Gasteiger partial charge in [0.25, 0.3) is 0 Å². The number of hydrogen-bond donors (Lipinski definition) is 0. The lowest BCUT2D eigenvalue weighted by atomic mass is 10.1. The van der Waals surface area contributed by atoms with Crippen molar-refractivity contribution in [3.63, 3.8) is 0 Å². The summed E-state index contributed by atoms with van der Waals surface area (Å²) in [6, 6.07) is 4.91. The van der Waals surface area contributed by atoms with E-state index in [1.54, 1.807) is 29.1 Å². The number of ketones is 1. The van der Waals surface area contributed by atoms with Gasteiger partial charge in [0, 0.05) is 10.9 Å². The molecular weight excluding hydrogens is 246 g/mol. The van der Waals surface area contributed by atoms with Crippen molar-refractivity contribution in [2.24, 2.45) is 0 Å². The van der Waals surface area contributed by atoms with Crippen molar-refractivity contribution < 1.29 is 9.53 Å². The predicted molar refractivity (Wildman–Crippen MR) is 63.6 cm³/mol. The van der Waals surface area contributed by atoms with Gasteiger partial charge in [0.1, 0.15) is 11.4 Å². The summed E-state index contributed by atoms with van der Waals surface area (Å²) >= 11 is 7.26. The number of carbonyl (C=O) groups excluding carboxylic acids is 1. The molecule has 0 aliphatic carbocycles. The molecule has 1 aromatic heterocycles. The van der Waals surface area contributed by atoms with Crippen LogP contribution in [-0.2, 0) is 0 Å². The van der Waals surface area contributed by atoms with E-state index in [2.05, 4.69) is 4.98 Å². The average molecular weight is 254 g/mol. The zero-order valence-electron chi connectivity index (χ0n) is 8.44. The molecule has 0 spiro atoms. The lowest BCUT2D eigenvalue weighted by Gasteiger charge is -2.04. The number of carbonyl (C=O) groups is 1. The highest BCUT2D eigenvalue weighted by Gasteiger charge is 2.12. The van der Waals surface area contributed by atoms with E-state index in [-0.39, 0.29) is 5.78 Å². The minimum Gasteiger partial charge on any atom is -0.495 e. The van der Waals surface area contributed by atoms with E-state index in [1.165, 1.54) is 18.4 Å². The highest BCUT2D eigenvalue weighted by atomic mass is 35.5. The van der Waals surface area contributed by atoms with Crippen LogP contribution in [0.2, 0.25) is 5.02 Å². The topological polar surface area (TPSA) is 39.2 Å². The van der Waals surface area contributed by atoms with E-state index in [1.807, 2.05) is 0 Å². The van der Waals surface area contributed by atoms with Gasteiger partial charge in [-0.05, 0) is 18.2 Å². The first-order valence-electron chi connectivity index (χ1n) is 4.49. The molecule has 1 heterocycles. The number of thiazole rings is 1. The third-order valence-electron chi connectivity index (χ3n) is 2.08. The maximum Gasteiger partial charge on any atom is 0.212 e. The van der Waals surface area contributed by atoms with Crippen molar-refractivity contribution >= 4 is 28.7 Å². The first kappa shape index (κ1) is 11.1. The summed E-state index contributed by atoms with van der Waals surface area (Å²) in [5.41, 5.74) is 2.59. The molecule has 16 heavy (non-hydrogen) atoms. The summed E-state index contributed by atoms with van der Waals surface area (Å²) in [5, 5.41) is 2.20. The maximum atomic E-state index is 11.9. The first-order valence-corrected chi connectivity index (χ1v) is 5.81. The van der Waals surface area contributed by atoms with Gasteiger partial charge in [-0.1, -0.05) is 11.6 Å². The molecule has 0 unspecified atom stereocenters. The molecule has 0 N–H and O–H groups in total. The number of hydrogen-bond acceptors (Lipinski definition) is 4. The molecule has 0 fully saturated rings. The highest BCUT2D eigenvalue weighted by Crippen LogP contribution is 2.26. The van der Waals surface area contributed by atoms with E-state index < -0.39 is 0 Å². The fraction of sp³-hybridized carbons (Fsp3) is 0.0909. The molecule has 0 aliphatic rings. The van der Waals surface area contributed by atoms with Crippen molar-refractivity contribution in [2.45, 2.75) is 0 Å². The molecule has 0 amide bonds. The monoisotopic (exact) mass is 253 g/mol. The van der Waals surface area contributed by atoms with Gasteiger partial charge in [0.05, 0.1) is 17.6 Å². The molecule has 0 aliphatic heterocycles. The molecular formula is C11H8ClNO2S. The Bertz CT molecular complexity index is 511. The Kier molecular flexibility index (Phi) is 3.22. The van der Waals surface area contributed by atoms with Crippen molar-refractivity contribution in [3.05, 3.63) is 45.4 Å². The van der Waals surface area contributed by atoms with Gasteiger partial charge < -0.3 is 4.74 Å². The number of aromatic nitrogens is 1. The molecule has 0 radical (unpaired) electrons. The second-order valence-corrected chi connectivity index (χ2v) is 4.18. The normalized spacial score (nSPS) is 10.1. The Balaban J connectivity index is 2.38. The summed E-state index contributed by atoms with van der Waals surface area (Å²) in [6.45, 7) is 0. The van der Waals surface area contributed by atoms with Crippen LogP contribution in [0.1, 0.15) is 16.1 Å². The molecule has 0 atom stereocenters. The number of ether oxygens (including phenoxy) is 1. The van der Waals surface area contributed by atoms with Crippen LogP contribution < -0.4 is 4.74 Å². The predicted octanol–water partition coefficient (Wildman–Crippen LogP) is 3.04. The third kappa shape index (κ3) is 2.08. The zero-order chi connectivity index (χ0) is 11.5. The molecule has 0 saturated carbocycles. The SMILES string of the molecule is COc1cc(C(=O)c2cscn2)ccc1Cl. The van der Waals surface area contributed by atoms with E-state index in [0.29, 0.717) is 22.0 Å². The van der Waals surface area contributed by atoms with Gasteiger partial charge in [-0.2, -0.15) is 0 Å². The van der Waals surface area contributed by atoms with E-state index in [4.69, 9.17) is 16.3 Å². The fourth-order valence-corrected chi connectivity index (χ4v) is 2.00. The summed E-state index contributed by atoms with van der Waals surface area (Å²) in [6.07, 6.45) is 0. The Morgan fingerprint density at radius 3 is 2.94 bits per heavy atom. The highest BCUT2D eigenvalue weighted by molar-refractivity contribution is 7.07. The van der Waals surface area contributed by atoms with Crippen LogP contribution in [0.3, 0.4) is 0 Å². The van der Waals surface area contributed by atoms with Crippen molar-refractivity contribution in [2.75, 3.05) is 7.11 Å². The minimum atomic E-state index is -0.129.